The first-order valence-electron chi connectivity index (χ1n) is 5.59. The predicted molar refractivity (Wildman–Crippen MR) is 63.9 cm³/mol. The van der Waals surface area contributed by atoms with Crippen LogP contribution in [0.1, 0.15) is 17.2 Å². The third-order valence-corrected chi connectivity index (χ3v) is 3.46. The SMILES string of the molecule is Cc1cc2[nH]c(=O)n(C3CNC3)c2cc1C. The Morgan fingerprint density at radius 1 is 1.25 bits per heavy atom. The predicted octanol–water partition coefficient (Wildman–Crippen LogP) is 1.09. The Hall–Kier alpha value is -1.55. The smallest absolute Gasteiger partial charge is 0.313 e. The lowest BCUT2D eigenvalue weighted by Crippen LogP contribution is -2.46. The normalized spacial score (nSPS) is 16.6. The molecule has 2 N–H and O–H groups in total. The highest BCUT2D eigenvalue weighted by molar-refractivity contribution is 5.77. The van der Waals surface area contributed by atoms with E-state index in [0.29, 0.717) is 6.04 Å². The summed E-state index contributed by atoms with van der Waals surface area (Å²) in [5.41, 5.74) is 4.42. The van der Waals surface area contributed by atoms with Crippen LogP contribution in [-0.4, -0.2) is 22.6 Å². The number of benzene rings is 1. The summed E-state index contributed by atoms with van der Waals surface area (Å²) < 4.78 is 1.87. The molecule has 4 heteroatoms. The molecule has 1 aliphatic heterocycles. The molecule has 2 heterocycles. The molecule has 0 amide bonds. The van der Waals surface area contributed by atoms with Crippen molar-refractivity contribution in [1.29, 1.82) is 0 Å². The van der Waals surface area contributed by atoms with Crippen molar-refractivity contribution in [2.24, 2.45) is 0 Å². The van der Waals surface area contributed by atoms with E-state index in [9.17, 15) is 4.79 Å². The third-order valence-electron chi connectivity index (χ3n) is 3.46. The van der Waals surface area contributed by atoms with Crippen molar-refractivity contribution < 1.29 is 0 Å². The molecule has 0 unspecified atom stereocenters. The number of fused-ring (bicyclic) bond motifs is 1. The van der Waals surface area contributed by atoms with Gasteiger partial charge in [-0.3, -0.25) is 4.57 Å². The molecular formula is C12H15N3O. The number of aromatic amines is 1. The zero-order valence-corrected chi connectivity index (χ0v) is 9.50. The van der Waals surface area contributed by atoms with E-state index in [1.54, 1.807) is 0 Å². The highest BCUT2D eigenvalue weighted by Crippen LogP contribution is 2.20. The fourth-order valence-electron chi connectivity index (χ4n) is 2.20. The van der Waals surface area contributed by atoms with Gasteiger partial charge in [0.05, 0.1) is 17.1 Å². The Balaban J connectivity index is 2.30. The molecule has 4 nitrogen and oxygen atoms in total. The summed E-state index contributed by atoms with van der Waals surface area (Å²) >= 11 is 0. The zero-order chi connectivity index (χ0) is 11.3. The lowest BCUT2D eigenvalue weighted by molar-refractivity contribution is 0.344. The van der Waals surface area contributed by atoms with Gasteiger partial charge in [0.25, 0.3) is 0 Å². The van der Waals surface area contributed by atoms with Crippen LogP contribution in [0.2, 0.25) is 0 Å². The number of nitrogens with one attached hydrogen (secondary N) is 2. The Morgan fingerprint density at radius 2 is 1.94 bits per heavy atom. The Bertz CT molecular complexity index is 604. The van der Waals surface area contributed by atoms with Gasteiger partial charge >= 0.3 is 5.69 Å². The average Bonchev–Trinajstić information content (AvgIpc) is 2.43. The molecule has 84 valence electrons. The Labute approximate surface area is 93.3 Å². The number of aryl methyl sites for hydroxylation is 2. The minimum atomic E-state index is 0.00602. The molecule has 1 fully saturated rings. The van der Waals surface area contributed by atoms with E-state index in [1.807, 2.05) is 4.57 Å². The topological polar surface area (TPSA) is 49.8 Å². The van der Waals surface area contributed by atoms with E-state index >= 15 is 0 Å². The number of rotatable bonds is 1. The van der Waals surface area contributed by atoms with Crippen molar-refractivity contribution in [3.05, 3.63) is 33.7 Å². The van der Waals surface area contributed by atoms with E-state index in [-0.39, 0.29) is 5.69 Å². The van der Waals surface area contributed by atoms with Gasteiger partial charge in [-0.15, -0.1) is 0 Å². The summed E-state index contributed by atoms with van der Waals surface area (Å²) in [5, 5.41) is 3.19. The molecule has 3 rings (SSSR count). The third kappa shape index (κ3) is 1.23. The van der Waals surface area contributed by atoms with Gasteiger partial charge in [-0.25, -0.2) is 4.79 Å². The van der Waals surface area contributed by atoms with Crippen LogP contribution in [0.4, 0.5) is 0 Å². The number of aromatic nitrogens is 2. The summed E-state index contributed by atoms with van der Waals surface area (Å²) in [6.45, 7) is 5.92. The standard InChI is InChI=1S/C12H15N3O/c1-7-3-10-11(4-8(7)2)15(12(16)14-10)9-5-13-6-9/h3-4,9,13H,5-6H2,1-2H3,(H,14,16). The molecule has 1 aliphatic rings. The van der Waals surface area contributed by atoms with Gasteiger partial charge in [-0.1, -0.05) is 0 Å². The molecule has 0 spiro atoms. The Kier molecular flexibility index (Phi) is 1.94. The molecule has 1 saturated heterocycles. The minimum Gasteiger partial charge on any atom is -0.313 e. The largest absolute Gasteiger partial charge is 0.326 e. The lowest BCUT2D eigenvalue weighted by atomic mass is 10.1. The number of H-pyrrole nitrogens is 1. The molecule has 2 aromatic rings. The summed E-state index contributed by atoms with van der Waals surface area (Å²) in [6.07, 6.45) is 0. The van der Waals surface area contributed by atoms with Gasteiger partial charge < -0.3 is 10.3 Å². The number of hydrogen-bond acceptors (Lipinski definition) is 2. The molecule has 16 heavy (non-hydrogen) atoms. The van der Waals surface area contributed by atoms with E-state index in [0.717, 1.165) is 24.1 Å². The molecule has 1 aromatic carbocycles. The number of imidazole rings is 1. The minimum absolute atomic E-state index is 0.00602. The van der Waals surface area contributed by atoms with Crippen molar-refractivity contribution >= 4 is 11.0 Å². The number of nitrogens with zero attached hydrogens (tertiary/aromatic N) is 1. The van der Waals surface area contributed by atoms with Crippen LogP contribution >= 0.6 is 0 Å². The second-order valence-electron chi connectivity index (χ2n) is 4.57. The van der Waals surface area contributed by atoms with E-state index in [4.69, 9.17) is 0 Å². The maximum absolute atomic E-state index is 11.9. The van der Waals surface area contributed by atoms with E-state index < -0.39 is 0 Å². The van der Waals surface area contributed by atoms with Crippen LogP contribution in [0.15, 0.2) is 16.9 Å². The summed E-state index contributed by atoms with van der Waals surface area (Å²) in [4.78, 5) is 14.8. The fourth-order valence-corrected chi connectivity index (χ4v) is 2.20. The quantitative estimate of drug-likeness (QED) is 0.751. The second-order valence-corrected chi connectivity index (χ2v) is 4.57. The monoisotopic (exact) mass is 217 g/mol. The van der Waals surface area contributed by atoms with Gasteiger partial charge in [-0.2, -0.15) is 0 Å². The Morgan fingerprint density at radius 3 is 2.56 bits per heavy atom. The van der Waals surface area contributed by atoms with Crippen molar-refractivity contribution in [2.75, 3.05) is 13.1 Å². The van der Waals surface area contributed by atoms with Crippen LogP contribution in [-0.2, 0) is 0 Å². The fraction of sp³-hybridized carbons (Fsp3) is 0.417. The van der Waals surface area contributed by atoms with Crippen molar-refractivity contribution in [2.45, 2.75) is 19.9 Å². The first-order valence-corrected chi connectivity index (χ1v) is 5.59. The van der Waals surface area contributed by atoms with Crippen LogP contribution in [0.25, 0.3) is 11.0 Å². The van der Waals surface area contributed by atoms with Crippen LogP contribution in [0.5, 0.6) is 0 Å². The molecule has 0 bridgehead atoms. The maximum Gasteiger partial charge on any atom is 0.326 e. The first-order chi connectivity index (χ1) is 7.66. The van der Waals surface area contributed by atoms with E-state index in [2.05, 4.69) is 36.3 Å². The summed E-state index contributed by atoms with van der Waals surface area (Å²) in [6, 6.07) is 4.46. The summed E-state index contributed by atoms with van der Waals surface area (Å²) in [7, 11) is 0. The van der Waals surface area contributed by atoms with Gasteiger partial charge in [0.15, 0.2) is 0 Å². The zero-order valence-electron chi connectivity index (χ0n) is 9.50. The van der Waals surface area contributed by atoms with Gasteiger partial charge in [0.1, 0.15) is 0 Å². The first kappa shape index (κ1) is 9.66. The van der Waals surface area contributed by atoms with Crippen LogP contribution < -0.4 is 11.0 Å². The molecule has 0 radical (unpaired) electrons. The number of hydrogen-bond donors (Lipinski definition) is 2. The van der Waals surface area contributed by atoms with Crippen LogP contribution in [0.3, 0.4) is 0 Å². The highest BCUT2D eigenvalue weighted by Gasteiger charge is 2.22. The van der Waals surface area contributed by atoms with E-state index in [1.165, 1.54) is 11.1 Å². The van der Waals surface area contributed by atoms with Gasteiger partial charge in [0.2, 0.25) is 0 Å². The molecule has 0 aliphatic carbocycles. The van der Waals surface area contributed by atoms with Crippen molar-refractivity contribution in [3.63, 3.8) is 0 Å². The average molecular weight is 217 g/mol. The maximum atomic E-state index is 11.9. The molecule has 0 atom stereocenters. The second kappa shape index (κ2) is 3.22. The highest BCUT2D eigenvalue weighted by atomic mass is 16.1. The molecular weight excluding hydrogens is 202 g/mol. The van der Waals surface area contributed by atoms with Gasteiger partial charge in [0, 0.05) is 13.1 Å². The van der Waals surface area contributed by atoms with Crippen molar-refractivity contribution in [1.82, 2.24) is 14.9 Å². The summed E-state index contributed by atoms with van der Waals surface area (Å²) in [5.74, 6) is 0. The molecule has 1 aromatic heterocycles. The van der Waals surface area contributed by atoms with Crippen LogP contribution in [0, 0.1) is 13.8 Å². The van der Waals surface area contributed by atoms with Crippen molar-refractivity contribution in [3.8, 4) is 0 Å². The molecule has 0 saturated carbocycles. The van der Waals surface area contributed by atoms with Gasteiger partial charge in [-0.05, 0) is 37.1 Å². The lowest BCUT2D eigenvalue weighted by Gasteiger charge is -2.28.